The van der Waals surface area contributed by atoms with Crippen molar-refractivity contribution >= 4 is 10.9 Å². The topological polar surface area (TPSA) is 51.6 Å². The number of rotatable bonds is 2. The summed E-state index contributed by atoms with van der Waals surface area (Å²) in [5.74, 6) is 1.34. The van der Waals surface area contributed by atoms with E-state index in [1.807, 2.05) is 60.7 Å². The molecule has 0 atom stereocenters. The molecule has 0 amide bonds. The fourth-order valence-corrected chi connectivity index (χ4v) is 2.38. The van der Waals surface area contributed by atoms with Crippen molar-refractivity contribution < 1.29 is 0 Å². The smallest absolute Gasteiger partial charge is 0.163 e. The van der Waals surface area contributed by atoms with Gasteiger partial charge in [0.25, 0.3) is 0 Å². The third-order valence-corrected chi connectivity index (χ3v) is 3.47. The molecule has 2 aromatic heterocycles. The van der Waals surface area contributed by atoms with E-state index in [1.165, 1.54) is 0 Å². The van der Waals surface area contributed by atoms with Crippen LogP contribution in [-0.4, -0.2) is 19.9 Å². The van der Waals surface area contributed by atoms with E-state index in [9.17, 15) is 0 Å². The molecule has 4 nitrogen and oxygen atoms in total. The van der Waals surface area contributed by atoms with Gasteiger partial charge in [-0.1, -0.05) is 36.4 Å². The molecule has 0 unspecified atom stereocenters. The zero-order valence-electron chi connectivity index (χ0n) is 11.7. The first kappa shape index (κ1) is 12.6. The highest BCUT2D eigenvalue weighted by Gasteiger charge is 2.06. The molecule has 0 saturated carbocycles. The van der Waals surface area contributed by atoms with Gasteiger partial charge in [0.05, 0.1) is 5.52 Å². The van der Waals surface area contributed by atoms with Crippen molar-refractivity contribution in [2.45, 2.75) is 0 Å². The maximum Gasteiger partial charge on any atom is 0.163 e. The van der Waals surface area contributed by atoms with Crippen LogP contribution in [-0.2, 0) is 0 Å². The van der Waals surface area contributed by atoms with Crippen molar-refractivity contribution in [3.05, 3.63) is 73.2 Å². The van der Waals surface area contributed by atoms with Crippen LogP contribution in [0.2, 0.25) is 0 Å². The molecule has 22 heavy (non-hydrogen) atoms. The van der Waals surface area contributed by atoms with Gasteiger partial charge in [-0.15, -0.1) is 0 Å². The molecular weight excluding hydrogens is 272 g/mol. The largest absolute Gasteiger partial charge is 0.256 e. The van der Waals surface area contributed by atoms with Crippen LogP contribution in [0.5, 0.6) is 0 Å². The van der Waals surface area contributed by atoms with E-state index in [2.05, 4.69) is 19.9 Å². The summed E-state index contributed by atoms with van der Waals surface area (Å²) in [7, 11) is 0. The Hall–Kier alpha value is -3.14. The molecule has 0 spiro atoms. The Morgan fingerprint density at radius 2 is 1.45 bits per heavy atom. The maximum atomic E-state index is 4.58. The molecule has 2 aromatic carbocycles. The Labute approximate surface area is 127 Å². The van der Waals surface area contributed by atoms with Gasteiger partial charge in [0.2, 0.25) is 0 Å². The van der Waals surface area contributed by atoms with Crippen molar-refractivity contribution in [2.24, 2.45) is 0 Å². The van der Waals surface area contributed by atoms with Crippen molar-refractivity contribution in [3.63, 3.8) is 0 Å². The number of pyridine rings is 1. The van der Waals surface area contributed by atoms with Crippen LogP contribution in [0, 0.1) is 0 Å². The highest BCUT2D eigenvalue weighted by molar-refractivity contribution is 5.83. The lowest BCUT2D eigenvalue weighted by Crippen LogP contribution is -1.95. The van der Waals surface area contributed by atoms with Gasteiger partial charge < -0.3 is 0 Å². The van der Waals surface area contributed by atoms with Gasteiger partial charge in [0, 0.05) is 22.7 Å². The van der Waals surface area contributed by atoms with E-state index in [0.29, 0.717) is 11.6 Å². The Morgan fingerprint density at radius 3 is 2.32 bits per heavy atom. The average Bonchev–Trinajstić information content (AvgIpc) is 2.62. The maximum absolute atomic E-state index is 4.58. The molecule has 4 aromatic rings. The summed E-state index contributed by atoms with van der Waals surface area (Å²) < 4.78 is 0. The Balaban J connectivity index is 1.81. The lowest BCUT2D eigenvalue weighted by atomic mass is 10.1. The highest BCUT2D eigenvalue weighted by Crippen LogP contribution is 2.22. The van der Waals surface area contributed by atoms with Gasteiger partial charge in [0.15, 0.2) is 11.6 Å². The lowest BCUT2D eigenvalue weighted by Gasteiger charge is -2.04. The number of hydrogen-bond acceptors (Lipinski definition) is 4. The van der Waals surface area contributed by atoms with Gasteiger partial charge in [-0.05, 0) is 24.3 Å². The molecule has 0 N–H and O–H groups in total. The third kappa shape index (κ3) is 2.31. The van der Waals surface area contributed by atoms with Crippen LogP contribution in [0.15, 0.2) is 73.2 Å². The summed E-state index contributed by atoms with van der Waals surface area (Å²) in [6, 6.07) is 19.9. The normalized spacial score (nSPS) is 10.7. The molecule has 0 aliphatic carbocycles. The first-order valence-corrected chi connectivity index (χ1v) is 7.00. The molecule has 0 fully saturated rings. The van der Waals surface area contributed by atoms with Crippen LogP contribution < -0.4 is 0 Å². The molecule has 4 heteroatoms. The predicted molar refractivity (Wildman–Crippen MR) is 86.0 cm³/mol. The summed E-state index contributed by atoms with van der Waals surface area (Å²) in [6.45, 7) is 0. The summed E-state index contributed by atoms with van der Waals surface area (Å²) in [5, 5.41) is 1.07. The molecule has 0 radical (unpaired) electrons. The lowest BCUT2D eigenvalue weighted by molar-refractivity contribution is 1.07. The molecule has 4 rings (SSSR count). The summed E-state index contributed by atoms with van der Waals surface area (Å²) in [5.41, 5.74) is 2.90. The van der Waals surface area contributed by atoms with E-state index in [4.69, 9.17) is 0 Å². The van der Waals surface area contributed by atoms with Gasteiger partial charge in [0.1, 0.15) is 6.33 Å². The summed E-state index contributed by atoms with van der Waals surface area (Å²) >= 11 is 0. The SMILES string of the molecule is c1ccc(-c2ncnc(-c3ccc4ncccc4c3)n2)cc1. The minimum absolute atomic E-state index is 0.666. The standard InChI is InChI=1S/C18H12N4/c1-2-5-13(6-3-1)17-20-12-21-18(22-17)15-8-9-16-14(11-15)7-4-10-19-16/h1-12H. The third-order valence-electron chi connectivity index (χ3n) is 3.47. The monoisotopic (exact) mass is 284 g/mol. The fraction of sp³-hybridized carbons (Fsp3) is 0. The van der Waals surface area contributed by atoms with E-state index >= 15 is 0 Å². The van der Waals surface area contributed by atoms with E-state index in [1.54, 1.807) is 12.5 Å². The van der Waals surface area contributed by atoms with Gasteiger partial charge in [-0.3, -0.25) is 4.98 Å². The van der Waals surface area contributed by atoms with E-state index in [-0.39, 0.29) is 0 Å². The zero-order valence-corrected chi connectivity index (χ0v) is 11.7. The minimum atomic E-state index is 0.666. The molecular formula is C18H12N4. The van der Waals surface area contributed by atoms with E-state index in [0.717, 1.165) is 22.0 Å². The van der Waals surface area contributed by atoms with Crippen LogP contribution >= 0.6 is 0 Å². The average molecular weight is 284 g/mol. The van der Waals surface area contributed by atoms with Crippen LogP contribution in [0.25, 0.3) is 33.7 Å². The van der Waals surface area contributed by atoms with Gasteiger partial charge in [-0.2, -0.15) is 0 Å². The van der Waals surface area contributed by atoms with Crippen molar-refractivity contribution in [2.75, 3.05) is 0 Å². The van der Waals surface area contributed by atoms with Crippen LogP contribution in [0.3, 0.4) is 0 Å². The molecule has 0 saturated heterocycles. The second-order valence-electron chi connectivity index (χ2n) is 4.91. The Morgan fingerprint density at radius 1 is 0.636 bits per heavy atom. The predicted octanol–water partition coefficient (Wildman–Crippen LogP) is 3.75. The Kier molecular flexibility index (Phi) is 3.05. The highest BCUT2D eigenvalue weighted by atomic mass is 15.0. The van der Waals surface area contributed by atoms with Gasteiger partial charge in [-0.25, -0.2) is 15.0 Å². The van der Waals surface area contributed by atoms with Crippen molar-refractivity contribution in [1.82, 2.24) is 19.9 Å². The van der Waals surface area contributed by atoms with Crippen molar-refractivity contribution in [3.8, 4) is 22.8 Å². The Bertz CT molecular complexity index is 935. The molecule has 2 heterocycles. The minimum Gasteiger partial charge on any atom is -0.256 e. The summed E-state index contributed by atoms with van der Waals surface area (Å²) in [6.07, 6.45) is 3.34. The van der Waals surface area contributed by atoms with Crippen molar-refractivity contribution in [1.29, 1.82) is 0 Å². The zero-order chi connectivity index (χ0) is 14.8. The summed E-state index contributed by atoms with van der Waals surface area (Å²) in [4.78, 5) is 17.5. The first-order valence-electron chi connectivity index (χ1n) is 7.00. The quantitative estimate of drug-likeness (QED) is 0.562. The number of fused-ring (bicyclic) bond motifs is 1. The van der Waals surface area contributed by atoms with E-state index < -0.39 is 0 Å². The first-order chi connectivity index (χ1) is 10.9. The van der Waals surface area contributed by atoms with Crippen LogP contribution in [0.4, 0.5) is 0 Å². The number of benzene rings is 2. The molecule has 0 aliphatic rings. The molecule has 0 aliphatic heterocycles. The number of aromatic nitrogens is 4. The molecule has 104 valence electrons. The number of nitrogens with zero attached hydrogens (tertiary/aromatic N) is 4. The number of hydrogen-bond donors (Lipinski definition) is 0. The fourth-order valence-electron chi connectivity index (χ4n) is 2.38. The van der Waals surface area contributed by atoms with Gasteiger partial charge >= 0.3 is 0 Å². The second kappa shape index (κ2) is 5.33. The molecule has 0 bridgehead atoms. The van der Waals surface area contributed by atoms with Crippen LogP contribution in [0.1, 0.15) is 0 Å². The second-order valence-corrected chi connectivity index (χ2v) is 4.91.